The van der Waals surface area contributed by atoms with Crippen LogP contribution in [0.15, 0.2) is 46.2 Å². The molecule has 9 heteroatoms. The second kappa shape index (κ2) is 6.08. The minimum atomic E-state index is -3.59. The van der Waals surface area contributed by atoms with Crippen LogP contribution in [0.4, 0.5) is 0 Å². The number of fused-ring (bicyclic) bond motifs is 1. The lowest BCUT2D eigenvalue weighted by Gasteiger charge is -2.23. The highest BCUT2D eigenvalue weighted by molar-refractivity contribution is 7.89. The fraction of sp³-hybridized carbons (Fsp3) is 0.312. The molecule has 1 aliphatic heterocycles. The SMILES string of the molecule is Cc1nc(-c2ccc(S(=O)(=O)N[C@@H]3CCc4ncnn4C3)cc2)co1. The lowest BCUT2D eigenvalue weighted by Crippen LogP contribution is -2.41. The van der Waals surface area contributed by atoms with E-state index < -0.39 is 10.0 Å². The van der Waals surface area contributed by atoms with E-state index in [0.29, 0.717) is 31.0 Å². The molecule has 0 bridgehead atoms. The summed E-state index contributed by atoms with van der Waals surface area (Å²) in [6.45, 7) is 2.25. The molecular formula is C16H17N5O3S. The molecular weight excluding hydrogens is 342 g/mol. The van der Waals surface area contributed by atoms with E-state index >= 15 is 0 Å². The van der Waals surface area contributed by atoms with E-state index in [4.69, 9.17) is 4.42 Å². The first-order valence-corrected chi connectivity index (χ1v) is 9.41. The van der Waals surface area contributed by atoms with Gasteiger partial charge in [-0.1, -0.05) is 12.1 Å². The third kappa shape index (κ3) is 3.20. The molecule has 0 unspecified atom stereocenters. The van der Waals surface area contributed by atoms with Crippen molar-refractivity contribution in [3.05, 3.63) is 48.6 Å². The Hall–Kier alpha value is -2.52. The standard InChI is InChI=1S/C16H17N5O3S/c1-11-19-15(9-24-11)12-2-5-14(6-3-12)25(22,23)20-13-4-7-16-17-10-18-21(16)8-13/h2-3,5-6,9-10,13,20H,4,7-8H2,1H3/t13-/m1/s1. The Morgan fingerprint density at radius 2 is 2.08 bits per heavy atom. The summed E-state index contributed by atoms with van der Waals surface area (Å²) in [5, 5.41) is 4.11. The molecule has 1 aliphatic rings. The van der Waals surface area contributed by atoms with Crippen molar-refractivity contribution in [1.82, 2.24) is 24.5 Å². The molecule has 0 spiro atoms. The van der Waals surface area contributed by atoms with Crippen molar-refractivity contribution in [1.29, 1.82) is 0 Å². The molecule has 4 rings (SSSR count). The first-order valence-electron chi connectivity index (χ1n) is 7.93. The fourth-order valence-electron chi connectivity index (χ4n) is 2.92. The number of nitrogens with zero attached hydrogens (tertiary/aromatic N) is 4. The van der Waals surface area contributed by atoms with Crippen LogP contribution >= 0.6 is 0 Å². The van der Waals surface area contributed by atoms with Crippen LogP contribution in [0.5, 0.6) is 0 Å². The molecule has 1 N–H and O–H groups in total. The predicted octanol–water partition coefficient (Wildman–Crippen LogP) is 1.53. The van der Waals surface area contributed by atoms with Gasteiger partial charge in [0.2, 0.25) is 10.0 Å². The molecule has 0 saturated heterocycles. The number of hydrogen-bond acceptors (Lipinski definition) is 6. The molecule has 3 heterocycles. The molecule has 1 aromatic carbocycles. The van der Waals surface area contributed by atoms with Crippen LogP contribution in [0.2, 0.25) is 0 Å². The zero-order valence-corrected chi connectivity index (χ0v) is 14.4. The molecule has 2 aromatic heterocycles. The van der Waals surface area contributed by atoms with Gasteiger partial charge in [-0.15, -0.1) is 0 Å². The normalized spacial score (nSPS) is 17.4. The van der Waals surface area contributed by atoms with Crippen molar-refractivity contribution in [2.75, 3.05) is 0 Å². The molecule has 0 radical (unpaired) electrons. The highest BCUT2D eigenvalue weighted by Gasteiger charge is 2.25. The van der Waals surface area contributed by atoms with E-state index in [0.717, 1.165) is 11.4 Å². The van der Waals surface area contributed by atoms with Crippen LogP contribution in [0, 0.1) is 6.92 Å². The van der Waals surface area contributed by atoms with Gasteiger partial charge in [0.05, 0.1) is 11.4 Å². The Morgan fingerprint density at radius 1 is 1.28 bits per heavy atom. The van der Waals surface area contributed by atoms with Gasteiger partial charge in [-0.2, -0.15) is 5.10 Å². The van der Waals surface area contributed by atoms with E-state index in [1.807, 2.05) is 0 Å². The number of nitrogens with one attached hydrogen (secondary N) is 1. The van der Waals surface area contributed by atoms with Crippen LogP contribution in [-0.2, 0) is 23.0 Å². The van der Waals surface area contributed by atoms with Crippen molar-refractivity contribution >= 4 is 10.0 Å². The lowest BCUT2D eigenvalue weighted by molar-refractivity contribution is 0.395. The molecule has 0 fully saturated rings. The zero-order valence-electron chi connectivity index (χ0n) is 13.6. The summed E-state index contributed by atoms with van der Waals surface area (Å²) in [5.41, 5.74) is 1.49. The second-order valence-electron chi connectivity index (χ2n) is 5.99. The predicted molar refractivity (Wildman–Crippen MR) is 89.1 cm³/mol. The number of rotatable bonds is 4. The van der Waals surface area contributed by atoms with Crippen molar-refractivity contribution in [2.24, 2.45) is 0 Å². The highest BCUT2D eigenvalue weighted by atomic mass is 32.2. The molecule has 0 saturated carbocycles. The Kier molecular flexibility index (Phi) is 3.89. The van der Waals surface area contributed by atoms with Gasteiger partial charge in [0.25, 0.3) is 0 Å². The average Bonchev–Trinajstić information content (AvgIpc) is 3.23. The highest BCUT2D eigenvalue weighted by Crippen LogP contribution is 2.21. The van der Waals surface area contributed by atoms with Crippen molar-refractivity contribution in [3.63, 3.8) is 0 Å². The minimum absolute atomic E-state index is 0.197. The Labute approximate surface area is 145 Å². The van der Waals surface area contributed by atoms with Gasteiger partial charge in [0.1, 0.15) is 24.1 Å². The number of sulfonamides is 1. The third-order valence-electron chi connectivity index (χ3n) is 4.21. The van der Waals surface area contributed by atoms with Crippen LogP contribution in [0.25, 0.3) is 11.3 Å². The third-order valence-corrected chi connectivity index (χ3v) is 5.74. The quantitative estimate of drug-likeness (QED) is 0.758. The molecule has 0 amide bonds. The zero-order chi connectivity index (χ0) is 17.4. The van der Waals surface area contributed by atoms with Gasteiger partial charge in [0, 0.05) is 24.9 Å². The van der Waals surface area contributed by atoms with Crippen molar-refractivity contribution in [3.8, 4) is 11.3 Å². The maximum absolute atomic E-state index is 12.6. The summed E-state index contributed by atoms with van der Waals surface area (Å²) in [6, 6.07) is 6.40. The molecule has 0 aliphatic carbocycles. The van der Waals surface area contributed by atoms with Gasteiger partial charge >= 0.3 is 0 Å². The molecule has 8 nitrogen and oxygen atoms in total. The topological polar surface area (TPSA) is 103 Å². The number of aryl methyl sites for hydroxylation is 2. The molecule has 130 valence electrons. The van der Waals surface area contributed by atoms with Crippen LogP contribution in [-0.4, -0.2) is 34.2 Å². The number of benzene rings is 1. The first kappa shape index (κ1) is 16.0. The van der Waals surface area contributed by atoms with Gasteiger partial charge < -0.3 is 4.42 Å². The van der Waals surface area contributed by atoms with Crippen LogP contribution in [0.1, 0.15) is 18.1 Å². The largest absolute Gasteiger partial charge is 0.449 e. The molecule has 3 aromatic rings. The fourth-order valence-corrected chi connectivity index (χ4v) is 4.18. The van der Waals surface area contributed by atoms with Gasteiger partial charge in [0.15, 0.2) is 5.89 Å². The van der Waals surface area contributed by atoms with Gasteiger partial charge in [-0.3, -0.25) is 0 Å². The van der Waals surface area contributed by atoms with E-state index in [1.165, 1.54) is 6.33 Å². The maximum atomic E-state index is 12.6. The number of oxazole rings is 1. The Morgan fingerprint density at radius 3 is 2.80 bits per heavy atom. The summed E-state index contributed by atoms with van der Waals surface area (Å²) in [4.78, 5) is 8.61. The molecule has 1 atom stereocenters. The summed E-state index contributed by atoms with van der Waals surface area (Å²) >= 11 is 0. The van der Waals surface area contributed by atoms with E-state index in [1.54, 1.807) is 42.1 Å². The van der Waals surface area contributed by atoms with Crippen molar-refractivity contribution < 1.29 is 12.8 Å². The smallest absolute Gasteiger partial charge is 0.240 e. The van der Waals surface area contributed by atoms with Crippen LogP contribution < -0.4 is 4.72 Å². The maximum Gasteiger partial charge on any atom is 0.240 e. The first-order chi connectivity index (χ1) is 12.0. The molecule has 25 heavy (non-hydrogen) atoms. The van der Waals surface area contributed by atoms with Crippen molar-refractivity contribution in [2.45, 2.75) is 37.2 Å². The summed E-state index contributed by atoms with van der Waals surface area (Å²) in [6.07, 6.45) is 4.46. The minimum Gasteiger partial charge on any atom is -0.449 e. The second-order valence-corrected chi connectivity index (χ2v) is 7.71. The number of hydrogen-bond donors (Lipinski definition) is 1. The van der Waals surface area contributed by atoms with Crippen LogP contribution in [0.3, 0.4) is 0 Å². The lowest BCUT2D eigenvalue weighted by atomic mass is 10.1. The van der Waals surface area contributed by atoms with Gasteiger partial charge in [-0.05, 0) is 18.6 Å². The number of aromatic nitrogens is 4. The summed E-state index contributed by atoms with van der Waals surface area (Å²) < 4.78 is 34.9. The van der Waals surface area contributed by atoms with Gasteiger partial charge in [-0.25, -0.2) is 27.8 Å². The van der Waals surface area contributed by atoms with E-state index in [9.17, 15) is 8.42 Å². The Balaban J connectivity index is 1.50. The average molecular weight is 359 g/mol. The monoisotopic (exact) mass is 359 g/mol. The van der Waals surface area contributed by atoms with E-state index in [2.05, 4.69) is 19.8 Å². The summed E-state index contributed by atoms with van der Waals surface area (Å²) in [5.74, 6) is 1.46. The summed E-state index contributed by atoms with van der Waals surface area (Å²) in [7, 11) is -3.59. The van der Waals surface area contributed by atoms with E-state index in [-0.39, 0.29) is 10.9 Å². The Bertz CT molecular complexity index is 991.